The quantitative estimate of drug-likeness (QED) is 0.485. The molecule has 0 spiro atoms. The van der Waals surface area contributed by atoms with Crippen LogP contribution in [0, 0.1) is 11.3 Å². The number of piperidine rings is 1. The number of nitrogens with one attached hydrogen (secondary N) is 2. The Bertz CT molecular complexity index is 397. The van der Waals surface area contributed by atoms with Crippen molar-refractivity contribution in [3.8, 4) is 0 Å². The minimum atomic E-state index is -3.39. The summed E-state index contributed by atoms with van der Waals surface area (Å²) in [6, 6.07) is 0. The zero-order valence-electron chi connectivity index (χ0n) is 11.4. The second-order valence-corrected chi connectivity index (χ2v) is 7.34. The van der Waals surface area contributed by atoms with Gasteiger partial charge in [-0.2, -0.15) is 0 Å². The van der Waals surface area contributed by atoms with Crippen LogP contribution >= 0.6 is 0 Å². The fourth-order valence-corrected chi connectivity index (χ4v) is 4.08. The Morgan fingerprint density at radius 2 is 1.94 bits per heavy atom. The van der Waals surface area contributed by atoms with Crippen LogP contribution in [0.3, 0.4) is 0 Å². The summed E-state index contributed by atoms with van der Waals surface area (Å²) in [7, 11) is -1.41. The first-order chi connectivity index (χ1) is 8.17. The fourth-order valence-electron chi connectivity index (χ4n) is 2.20. The van der Waals surface area contributed by atoms with Crippen molar-refractivity contribution in [3.63, 3.8) is 0 Å². The van der Waals surface area contributed by atoms with Gasteiger partial charge in [-0.3, -0.25) is 5.41 Å². The predicted molar refractivity (Wildman–Crippen MR) is 73.1 cm³/mol. The van der Waals surface area contributed by atoms with Crippen molar-refractivity contribution in [3.05, 3.63) is 0 Å². The number of hydrogen-bond acceptors (Lipinski definition) is 4. The molecule has 106 valence electrons. The zero-order valence-corrected chi connectivity index (χ0v) is 12.2. The monoisotopic (exact) mass is 276 g/mol. The molecule has 0 radical (unpaired) electrons. The van der Waals surface area contributed by atoms with Crippen molar-refractivity contribution in [2.75, 3.05) is 25.9 Å². The summed E-state index contributed by atoms with van der Waals surface area (Å²) in [4.78, 5) is 2.11. The van der Waals surface area contributed by atoms with Gasteiger partial charge in [0.1, 0.15) is 5.84 Å². The summed E-state index contributed by atoms with van der Waals surface area (Å²) in [5.74, 6) is 0.0402. The first kappa shape index (κ1) is 15.4. The Kier molecular flexibility index (Phi) is 4.74. The SMILES string of the molecule is CC(C)CS(=O)(=O)NC1(C(=N)N)CCN(C)CC1. The van der Waals surface area contributed by atoms with Crippen LogP contribution in [0.1, 0.15) is 26.7 Å². The number of nitrogens with two attached hydrogens (primary N) is 1. The Morgan fingerprint density at radius 3 is 2.33 bits per heavy atom. The molecule has 0 amide bonds. The minimum absolute atomic E-state index is 0.0535. The molecule has 1 fully saturated rings. The smallest absolute Gasteiger partial charge is 0.212 e. The number of nitrogens with zero attached hydrogens (tertiary/aromatic N) is 1. The molecular weight excluding hydrogens is 252 g/mol. The van der Waals surface area contributed by atoms with Gasteiger partial charge in [0.15, 0.2) is 0 Å². The molecule has 1 aliphatic heterocycles. The lowest BCUT2D eigenvalue weighted by Crippen LogP contribution is -2.62. The maximum absolute atomic E-state index is 12.0. The first-order valence-electron chi connectivity index (χ1n) is 6.21. The van der Waals surface area contributed by atoms with Crippen molar-refractivity contribution in [2.24, 2.45) is 11.7 Å². The Morgan fingerprint density at radius 1 is 1.44 bits per heavy atom. The second-order valence-electron chi connectivity index (χ2n) is 5.58. The van der Waals surface area contributed by atoms with Crippen molar-refractivity contribution >= 4 is 15.9 Å². The van der Waals surface area contributed by atoms with Crippen LogP contribution in [0.2, 0.25) is 0 Å². The fraction of sp³-hybridized carbons (Fsp3) is 0.909. The van der Waals surface area contributed by atoms with Gasteiger partial charge in [-0.25, -0.2) is 13.1 Å². The van der Waals surface area contributed by atoms with Crippen molar-refractivity contribution in [1.29, 1.82) is 5.41 Å². The largest absolute Gasteiger partial charge is 0.386 e. The van der Waals surface area contributed by atoms with Crippen LogP contribution in [0.4, 0.5) is 0 Å². The molecule has 1 rings (SSSR count). The van der Waals surface area contributed by atoms with Gasteiger partial charge in [0.05, 0.1) is 11.3 Å². The molecule has 0 bridgehead atoms. The second kappa shape index (κ2) is 5.54. The van der Waals surface area contributed by atoms with E-state index in [0.717, 1.165) is 13.1 Å². The molecular formula is C11H24N4O2S. The van der Waals surface area contributed by atoms with Gasteiger partial charge < -0.3 is 10.6 Å². The molecule has 0 atom stereocenters. The van der Waals surface area contributed by atoms with Gasteiger partial charge in [0, 0.05) is 13.1 Å². The number of rotatable bonds is 5. The van der Waals surface area contributed by atoms with Gasteiger partial charge in [0.2, 0.25) is 10.0 Å². The van der Waals surface area contributed by atoms with Crippen LogP contribution in [-0.2, 0) is 10.0 Å². The van der Waals surface area contributed by atoms with E-state index in [0.29, 0.717) is 12.8 Å². The van der Waals surface area contributed by atoms with Crippen LogP contribution in [0.15, 0.2) is 0 Å². The maximum Gasteiger partial charge on any atom is 0.212 e. The lowest BCUT2D eigenvalue weighted by atomic mass is 9.88. The molecule has 0 unspecified atom stereocenters. The molecule has 7 heteroatoms. The van der Waals surface area contributed by atoms with E-state index in [1.807, 2.05) is 20.9 Å². The minimum Gasteiger partial charge on any atom is -0.386 e. The van der Waals surface area contributed by atoms with E-state index in [9.17, 15) is 8.42 Å². The highest BCUT2D eigenvalue weighted by Crippen LogP contribution is 2.23. The third-order valence-electron chi connectivity index (χ3n) is 3.26. The number of likely N-dealkylation sites (tertiary alicyclic amines) is 1. The van der Waals surface area contributed by atoms with E-state index in [2.05, 4.69) is 9.62 Å². The highest BCUT2D eigenvalue weighted by molar-refractivity contribution is 7.89. The normalized spacial score (nSPS) is 21.1. The predicted octanol–water partition coefficient (Wildman–Crippen LogP) is -0.0378. The first-order valence-corrected chi connectivity index (χ1v) is 7.87. The standard InChI is InChI=1S/C11H24N4O2S/c1-9(2)8-18(16,17)14-11(10(12)13)4-6-15(3)7-5-11/h9,14H,4-8H2,1-3H3,(H3,12,13). The van der Waals surface area contributed by atoms with Crippen molar-refractivity contribution in [2.45, 2.75) is 32.2 Å². The summed E-state index contributed by atoms with van der Waals surface area (Å²) in [5, 5.41) is 7.70. The van der Waals surface area contributed by atoms with Gasteiger partial charge in [0.25, 0.3) is 0 Å². The average Bonchev–Trinajstić information content (AvgIpc) is 2.19. The van der Waals surface area contributed by atoms with Crippen LogP contribution in [0.5, 0.6) is 0 Å². The summed E-state index contributed by atoms with van der Waals surface area (Å²) >= 11 is 0. The van der Waals surface area contributed by atoms with E-state index in [-0.39, 0.29) is 17.5 Å². The molecule has 1 saturated heterocycles. The lowest BCUT2D eigenvalue weighted by molar-refractivity contribution is 0.218. The summed E-state index contributed by atoms with van der Waals surface area (Å²) in [6.07, 6.45) is 1.10. The van der Waals surface area contributed by atoms with Crippen molar-refractivity contribution < 1.29 is 8.42 Å². The average molecular weight is 276 g/mol. The Hall–Kier alpha value is -0.660. The number of amidine groups is 1. The molecule has 0 saturated carbocycles. The molecule has 0 aromatic carbocycles. The summed E-state index contributed by atoms with van der Waals surface area (Å²) in [5.41, 5.74) is 4.73. The molecule has 6 nitrogen and oxygen atoms in total. The molecule has 1 aliphatic rings. The van der Waals surface area contributed by atoms with E-state index in [1.54, 1.807) is 0 Å². The lowest BCUT2D eigenvalue weighted by Gasteiger charge is -2.40. The van der Waals surface area contributed by atoms with Crippen LogP contribution < -0.4 is 10.5 Å². The van der Waals surface area contributed by atoms with E-state index in [4.69, 9.17) is 11.1 Å². The van der Waals surface area contributed by atoms with Gasteiger partial charge >= 0.3 is 0 Å². The highest BCUT2D eigenvalue weighted by Gasteiger charge is 2.40. The zero-order chi connectivity index (χ0) is 14.0. The third-order valence-corrected chi connectivity index (χ3v) is 5.07. The van der Waals surface area contributed by atoms with Crippen LogP contribution in [-0.4, -0.2) is 50.6 Å². The molecule has 4 N–H and O–H groups in total. The van der Waals surface area contributed by atoms with Crippen LogP contribution in [0.25, 0.3) is 0 Å². The maximum atomic E-state index is 12.0. The topological polar surface area (TPSA) is 99.3 Å². The van der Waals surface area contributed by atoms with Gasteiger partial charge in [-0.05, 0) is 25.8 Å². The van der Waals surface area contributed by atoms with E-state index < -0.39 is 15.6 Å². The third kappa shape index (κ3) is 3.93. The molecule has 18 heavy (non-hydrogen) atoms. The van der Waals surface area contributed by atoms with Gasteiger partial charge in [-0.1, -0.05) is 13.8 Å². The number of hydrogen-bond donors (Lipinski definition) is 3. The Balaban J connectivity index is 2.85. The van der Waals surface area contributed by atoms with E-state index >= 15 is 0 Å². The van der Waals surface area contributed by atoms with Gasteiger partial charge in [-0.15, -0.1) is 0 Å². The highest BCUT2D eigenvalue weighted by atomic mass is 32.2. The van der Waals surface area contributed by atoms with Crippen molar-refractivity contribution in [1.82, 2.24) is 9.62 Å². The molecule has 0 aromatic rings. The number of sulfonamides is 1. The Labute approximate surface area is 109 Å². The van der Waals surface area contributed by atoms with E-state index in [1.165, 1.54) is 0 Å². The molecule has 0 aliphatic carbocycles. The molecule has 1 heterocycles. The summed E-state index contributed by atoms with van der Waals surface area (Å²) < 4.78 is 26.7. The summed E-state index contributed by atoms with van der Waals surface area (Å²) in [6.45, 7) is 5.19. The molecule has 0 aromatic heterocycles.